The molecule has 1 saturated carbocycles. The van der Waals surface area contributed by atoms with Gasteiger partial charge in [0.2, 0.25) is 0 Å². The molecule has 0 unspecified atom stereocenters. The average Bonchev–Trinajstić information content (AvgIpc) is 2.45. The molecule has 5 heteroatoms. The molecule has 110 valence electrons. The van der Waals surface area contributed by atoms with Gasteiger partial charge in [-0.25, -0.2) is 0 Å². The van der Waals surface area contributed by atoms with E-state index in [2.05, 4.69) is 5.32 Å². The molecule has 0 saturated heterocycles. The van der Waals surface area contributed by atoms with Crippen LogP contribution in [0.5, 0.6) is 0 Å². The van der Waals surface area contributed by atoms with Crippen LogP contribution in [0.1, 0.15) is 44.1 Å². The van der Waals surface area contributed by atoms with Crippen LogP contribution in [-0.4, -0.2) is 11.5 Å². The van der Waals surface area contributed by atoms with E-state index in [-0.39, 0.29) is 10.6 Å². The van der Waals surface area contributed by atoms with Crippen molar-refractivity contribution in [2.75, 3.05) is 6.54 Å². The summed E-state index contributed by atoms with van der Waals surface area (Å²) in [4.78, 5) is 10.6. The van der Waals surface area contributed by atoms with Crippen LogP contribution < -0.4 is 5.32 Å². The van der Waals surface area contributed by atoms with Crippen molar-refractivity contribution < 1.29 is 4.92 Å². The molecule has 0 amide bonds. The molecule has 0 spiro atoms. The van der Waals surface area contributed by atoms with E-state index in [9.17, 15) is 10.1 Å². The number of hydrogen-bond acceptors (Lipinski definition) is 3. The maximum atomic E-state index is 11.0. The molecule has 2 rings (SSSR count). The number of benzene rings is 1. The van der Waals surface area contributed by atoms with Gasteiger partial charge in [0.25, 0.3) is 5.69 Å². The Balaban J connectivity index is 1.80. The molecule has 1 aromatic carbocycles. The molecule has 20 heavy (non-hydrogen) atoms. The van der Waals surface area contributed by atoms with E-state index in [4.69, 9.17) is 11.6 Å². The van der Waals surface area contributed by atoms with Crippen LogP contribution >= 0.6 is 11.6 Å². The summed E-state index contributed by atoms with van der Waals surface area (Å²) in [6.07, 6.45) is 7.93. The third kappa shape index (κ3) is 4.46. The highest BCUT2D eigenvalue weighted by Crippen LogP contribution is 2.26. The molecular formula is C15H21ClN2O2. The predicted octanol–water partition coefficient (Wildman–Crippen LogP) is 4.31. The lowest BCUT2D eigenvalue weighted by molar-refractivity contribution is -0.385. The van der Waals surface area contributed by atoms with Crippen molar-refractivity contribution in [2.45, 2.75) is 45.1 Å². The lowest BCUT2D eigenvalue weighted by Crippen LogP contribution is -2.19. The topological polar surface area (TPSA) is 55.2 Å². The minimum Gasteiger partial charge on any atom is -0.312 e. The Bertz CT molecular complexity index is 459. The van der Waals surface area contributed by atoms with Gasteiger partial charge in [-0.1, -0.05) is 43.7 Å². The molecule has 0 aromatic heterocycles. The largest absolute Gasteiger partial charge is 0.312 e. The molecule has 4 nitrogen and oxygen atoms in total. The van der Waals surface area contributed by atoms with Gasteiger partial charge < -0.3 is 5.32 Å². The summed E-state index contributed by atoms with van der Waals surface area (Å²) in [5.41, 5.74) is 0.797. The maximum absolute atomic E-state index is 11.0. The fourth-order valence-corrected chi connectivity index (χ4v) is 3.03. The minimum atomic E-state index is -0.371. The van der Waals surface area contributed by atoms with Gasteiger partial charge in [0.05, 0.1) is 4.92 Å². The lowest BCUT2D eigenvalue weighted by atomic mass is 9.87. The summed E-state index contributed by atoms with van der Waals surface area (Å²) in [5, 5.41) is 14.7. The van der Waals surface area contributed by atoms with Crippen LogP contribution in [0.15, 0.2) is 18.2 Å². The quantitative estimate of drug-likeness (QED) is 0.483. The van der Waals surface area contributed by atoms with Gasteiger partial charge in [-0.2, -0.15) is 0 Å². The van der Waals surface area contributed by atoms with Crippen LogP contribution in [0.3, 0.4) is 0 Å². The van der Waals surface area contributed by atoms with Gasteiger partial charge in [0.15, 0.2) is 0 Å². The maximum Gasteiger partial charge on any atom is 0.275 e. The Morgan fingerprint density at radius 1 is 1.30 bits per heavy atom. The molecule has 0 atom stereocenters. The number of nitro groups is 1. The second-order valence-corrected chi connectivity index (χ2v) is 5.94. The Labute approximate surface area is 124 Å². The highest BCUT2D eigenvalue weighted by molar-refractivity contribution is 6.30. The molecule has 1 aromatic rings. The summed E-state index contributed by atoms with van der Waals surface area (Å²) in [6.45, 7) is 1.45. The van der Waals surface area contributed by atoms with Crippen molar-refractivity contribution >= 4 is 17.3 Å². The first-order chi connectivity index (χ1) is 9.66. The number of nitrogens with one attached hydrogen (secondary N) is 1. The van der Waals surface area contributed by atoms with E-state index in [0.717, 1.165) is 12.5 Å². The number of nitro benzene ring substituents is 1. The molecule has 1 N–H and O–H groups in total. The van der Waals surface area contributed by atoms with Crippen molar-refractivity contribution in [3.8, 4) is 0 Å². The van der Waals surface area contributed by atoms with E-state index < -0.39 is 0 Å². The average molecular weight is 297 g/mol. The van der Waals surface area contributed by atoms with Gasteiger partial charge in [-0.3, -0.25) is 10.1 Å². The number of halogens is 1. The normalized spacial score (nSPS) is 16.2. The van der Waals surface area contributed by atoms with Crippen molar-refractivity contribution in [1.82, 2.24) is 5.32 Å². The zero-order chi connectivity index (χ0) is 14.4. The van der Waals surface area contributed by atoms with E-state index in [1.165, 1.54) is 44.6 Å². The summed E-state index contributed by atoms with van der Waals surface area (Å²) in [5.74, 6) is 0.830. The van der Waals surface area contributed by atoms with Crippen molar-refractivity contribution in [3.63, 3.8) is 0 Å². The second-order valence-electron chi connectivity index (χ2n) is 5.50. The molecule has 0 radical (unpaired) electrons. The second kappa shape index (κ2) is 7.60. The zero-order valence-electron chi connectivity index (χ0n) is 11.6. The predicted molar refractivity (Wildman–Crippen MR) is 81.0 cm³/mol. The van der Waals surface area contributed by atoms with Gasteiger partial charge in [-0.15, -0.1) is 0 Å². The van der Waals surface area contributed by atoms with Gasteiger partial charge in [0, 0.05) is 23.2 Å². The summed E-state index contributed by atoms with van der Waals surface area (Å²) < 4.78 is 0. The molecule has 0 heterocycles. The Morgan fingerprint density at radius 3 is 2.75 bits per heavy atom. The summed E-state index contributed by atoms with van der Waals surface area (Å²) in [7, 11) is 0. The number of nitrogens with zero attached hydrogens (tertiary/aromatic N) is 1. The van der Waals surface area contributed by atoms with Gasteiger partial charge >= 0.3 is 0 Å². The first-order valence-corrected chi connectivity index (χ1v) is 7.68. The third-order valence-corrected chi connectivity index (χ3v) is 4.25. The van der Waals surface area contributed by atoms with Crippen molar-refractivity contribution in [1.29, 1.82) is 0 Å². The van der Waals surface area contributed by atoms with Crippen LogP contribution in [0.25, 0.3) is 0 Å². The van der Waals surface area contributed by atoms with E-state index in [0.29, 0.717) is 17.1 Å². The number of hydrogen-bond donors (Lipinski definition) is 1. The SMILES string of the molecule is O=[N+]([O-])c1cc(Cl)ccc1CNCCC1CCCCC1. The molecular weight excluding hydrogens is 276 g/mol. The Morgan fingerprint density at radius 2 is 2.05 bits per heavy atom. The Hall–Kier alpha value is -1.13. The van der Waals surface area contributed by atoms with Crippen LogP contribution in [0.4, 0.5) is 5.69 Å². The Kier molecular flexibility index (Phi) is 5.80. The van der Waals surface area contributed by atoms with Crippen molar-refractivity contribution in [2.24, 2.45) is 5.92 Å². The van der Waals surface area contributed by atoms with E-state index >= 15 is 0 Å². The van der Waals surface area contributed by atoms with Crippen LogP contribution in [-0.2, 0) is 6.54 Å². The first-order valence-electron chi connectivity index (χ1n) is 7.30. The minimum absolute atomic E-state index is 0.0997. The fraction of sp³-hybridized carbons (Fsp3) is 0.600. The molecule has 0 bridgehead atoms. The zero-order valence-corrected chi connectivity index (χ0v) is 12.4. The highest BCUT2D eigenvalue weighted by atomic mass is 35.5. The van der Waals surface area contributed by atoms with Crippen LogP contribution in [0, 0.1) is 16.0 Å². The van der Waals surface area contributed by atoms with E-state index in [1.807, 2.05) is 0 Å². The molecule has 0 aliphatic heterocycles. The van der Waals surface area contributed by atoms with E-state index in [1.54, 1.807) is 12.1 Å². The molecule has 1 aliphatic carbocycles. The molecule has 1 fully saturated rings. The van der Waals surface area contributed by atoms with Crippen LogP contribution in [0.2, 0.25) is 5.02 Å². The summed E-state index contributed by atoms with van der Waals surface area (Å²) in [6, 6.07) is 4.85. The number of rotatable bonds is 6. The first kappa shape index (κ1) is 15.3. The smallest absolute Gasteiger partial charge is 0.275 e. The summed E-state index contributed by atoms with van der Waals surface area (Å²) >= 11 is 5.80. The monoisotopic (exact) mass is 296 g/mol. The highest BCUT2D eigenvalue weighted by Gasteiger charge is 2.15. The van der Waals surface area contributed by atoms with Crippen molar-refractivity contribution in [3.05, 3.63) is 38.9 Å². The lowest BCUT2D eigenvalue weighted by Gasteiger charge is -2.21. The fourth-order valence-electron chi connectivity index (χ4n) is 2.86. The standard InChI is InChI=1S/C15H21ClN2O2/c16-14-7-6-13(15(10-14)18(19)20)11-17-9-8-12-4-2-1-3-5-12/h6-7,10,12,17H,1-5,8-9,11H2. The van der Waals surface area contributed by atoms with Gasteiger partial charge in [-0.05, 0) is 31.0 Å². The van der Waals surface area contributed by atoms with Gasteiger partial charge in [0.1, 0.15) is 0 Å². The molecule has 1 aliphatic rings. The third-order valence-electron chi connectivity index (χ3n) is 4.01.